The third-order valence-electron chi connectivity index (χ3n) is 5.61. The highest BCUT2D eigenvalue weighted by Gasteiger charge is 2.27. The summed E-state index contributed by atoms with van der Waals surface area (Å²) in [7, 11) is 0. The predicted molar refractivity (Wildman–Crippen MR) is 109 cm³/mol. The smallest absolute Gasteiger partial charge is 0.410 e. The molecule has 2 fully saturated rings. The number of aryl methyl sites for hydroxylation is 1. The third kappa shape index (κ3) is 3.92. The molecule has 8 nitrogen and oxygen atoms in total. The van der Waals surface area contributed by atoms with Crippen molar-refractivity contribution in [2.75, 3.05) is 31.5 Å². The second kappa shape index (κ2) is 7.95. The number of aromatic nitrogens is 3. The Balaban J connectivity index is 1.39. The molecule has 0 bridgehead atoms. The lowest BCUT2D eigenvalue weighted by Crippen LogP contribution is -2.43. The summed E-state index contributed by atoms with van der Waals surface area (Å²) < 4.78 is 7.69. The molecule has 28 heavy (non-hydrogen) atoms. The molecule has 2 aliphatic heterocycles. The first-order valence-corrected chi connectivity index (χ1v) is 10.3. The summed E-state index contributed by atoms with van der Waals surface area (Å²) >= 11 is 0. The van der Waals surface area contributed by atoms with Crippen LogP contribution in [0.15, 0.2) is 12.4 Å². The van der Waals surface area contributed by atoms with Crippen molar-refractivity contribution in [2.24, 2.45) is 0 Å². The number of ether oxygens (including phenoxy) is 1. The van der Waals surface area contributed by atoms with Gasteiger partial charge in [0.25, 0.3) is 0 Å². The first kappa shape index (κ1) is 19.0. The molecule has 0 aromatic carbocycles. The Bertz CT molecular complexity index is 835. The molecule has 1 atom stereocenters. The Morgan fingerprint density at radius 3 is 2.79 bits per heavy atom. The number of amides is 1. The van der Waals surface area contributed by atoms with Crippen molar-refractivity contribution in [3.63, 3.8) is 0 Å². The number of rotatable bonds is 4. The summed E-state index contributed by atoms with van der Waals surface area (Å²) in [4.78, 5) is 23.4. The van der Waals surface area contributed by atoms with E-state index < -0.39 is 0 Å². The number of carbonyl (C=O) groups excluding carboxylic acids is 1. The number of likely N-dealkylation sites (tertiary alicyclic amines) is 1. The predicted octanol–water partition coefficient (Wildman–Crippen LogP) is 2.70. The van der Waals surface area contributed by atoms with Gasteiger partial charge in [0, 0.05) is 37.4 Å². The van der Waals surface area contributed by atoms with Gasteiger partial charge in [0.2, 0.25) is 0 Å². The number of carbonyl (C=O) groups is 1. The molecule has 0 spiro atoms. The van der Waals surface area contributed by atoms with Crippen molar-refractivity contribution in [3.05, 3.63) is 18.1 Å². The Morgan fingerprint density at radius 1 is 1.32 bits per heavy atom. The number of nitrogens with zero attached hydrogens (tertiary/aromatic N) is 4. The van der Waals surface area contributed by atoms with Crippen molar-refractivity contribution < 1.29 is 9.53 Å². The van der Waals surface area contributed by atoms with Crippen LogP contribution in [0.3, 0.4) is 0 Å². The lowest BCUT2D eigenvalue weighted by atomic mass is 10.0. The van der Waals surface area contributed by atoms with E-state index in [-0.39, 0.29) is 12.2 Å². The van der Waals surface area contributed by atoms with Crippen molar-refractivity contribution in [3.8, 4) is 0 Å². The standard InChI is InChI=1S/C20H30N6O2/c1-13(2)26-12-22-18-17(10-14(3)23-19(18)26)24-15-5-8-25(9-6-15)20(27)28-16-4-7-21-11-16/h10,12-13,15-16,21H,4-9,11H2,1-3H3,(H,23,24)/t16-/m1/s1. The zero-order valence-electron chi connectivity index (χ0n) is 16.9. The minimum absolute atomic E-state index is 0.0208. The van der Waals surface area contributed by atoms with Crippen LogP contribution in [-0.4, -0.2) is 63.9 Å². The summed E-state index contributed by atoms with van der Waals surface area (Å²) in [6.45, 7) is 9.40. The highest BCUT2D eigenvalue weighted by molar-refractivity contribution is 5.86. The highest BCUT2D eigenvalue weighted by atomic mass is 16.6. The van der Waals surface area contributed by atoms with E-state index in [0.29, 0.717) is 25.2 Å². The fourth-order valence-corrected chi connectivity index (χ4v) is 3.99. The van der Waals surface area contributed by atoms with Crippen molar-refractivity contribution in [1.82, 2.24) is 24.8 Å². The summed E-state index contributed by atoms with van der Waals surface area (Å²) in [6.07, 6.45) is 4.41. The molecular formula is C20H30N6O2. The van der Waals surface area contributed by atoms with Gasteiger partial charge in [-0.2, -0.15) is 0 Å². The molecule has 0 unspecified atom stereocenters. The fourth-order valence-electron chi connectivity index (χ4n) is 3.99. The van der Waals surface area contributed by atoms with Gasteiger partial charge in [0.15, 0.2) is 5.65 Å². The largest absolute Gasteiger partial charge is 0.445 e. The van der Waals surface area contributed by atoms with Crippen LogP contribution in [0, 0.1) is 6.92 Å². The highest BCUT2D eigenvalue weighted by Crippen LogP contribution is 2.26. The number of anilines is 1. The van der Waals surface area contributed by atoms with Crippen molar-refractivity contribution in [1.29, 1.82) is 0 Å². The van der Waals surface area contributed by atoms with Crippen molar-refractivity contribution >= 4 is 22.9 Å². The molecule has 2 aromatic rings. The number of nitrogens with one attached hydrogen (secondary N) is 2. The van der Waals surface area contributed by atoms with Gasteiger partial charge in [-0.25, -0.2) is 14.8 Å². The molecule has 1 amide bonds. The first-order valence-electron chi connectivity index (χ1n) is 10.3. The molecular weight excluding hydrogens is 356 g/mol. The van der Waals surface area contributed by atoms with Crippen molar-refractivity contribution in [2.45, 2.75) is 58.2 Å². The minimum Gasteiger partial charge on any atom is -0.445 e. The summed E-state index contributed by atoms with van der Waals surface area (Å²) in [6, 6.07) is 2.69. The van der Waals surface area contributed by atoms with Gasteiger partial charge in [0.1, 0.15) is 11.6 Å². The van der Waals surface area contributed by atoms with E-state index in [4.69, 9.17) is 4.74 Å². The second-order valence-corrected chi connectivity index (χ2v) is 8.13. The van der Waals surface area contributed by atoms with Crippen LogP contribution >= 0.6 is 0 Å². The molecule has 4 heterocycles. The van der Waals surface area contributed by atoms with E-state index in [0.717, 1.165) is 54.9 Å². The number of hydrogen-bond donors (Lipinski definition) is 2. The number of hydrogen-bond acceptors (Lipinski definition) is 6. The number of fused-ring (bicyclic) bond motifs is 1. The van der Waals surface area contributed by atoms with Crippen LogP contribution in [0.25, 0.3) is 11.2 Å². The Morgan fingerprint density at radius 2 is 2.11 bits per heavy atom. The quantitative estimate of drug-likeness (QED) is 0.841. The molecule has 2 aliphatic rings. The van der Waals surface area contributed by atoms with Gasteiger partial charge >= 0.3 is 6.09 Å². The molecule has 0 aliphatic carbocycles. The van der Waals surface area contributed by atoms with E-state index in [1.54, 1.807) is 0 Å². The molecule has 0 radical (unpaired) electrons. The maximum Gasteiger partial charge on any atom is 0.410 e. The first-order chi connectivity index (χ1) is 13.5. The van der Waals surface area contributed by atoms with Crippen LogP contribution in [0.1, 0.15) is 44.8 Å². The van der Waals surface area contributed by atoms with E-state index in [9.17, 15) is 4.79 Å². The van der Waals surface area contributed by atoms with Gasteiger partial charge < -0.3 is 24.8 Å². The van der Waals surface area contributed by atoms with E-state index >= 15 is 0 Å². The van der Waals surface area contributed by atoms with Crippen LogP contribution in [0.5, 0.6) is 0 Å². The van der Waals surface area contributed by atoms with E-state index in [1.807, 2.05) is 18.2 Å². The normalized spacial score (nSPS) is 20.9. The zero-order chi connectivity index (χ0) is 19.7. The topological polar surface area (TPSA) is 84.3 Å². The van der Waals surface area contributed by atoms with Crippen LogP contribution in [0.4, 0.5) is 10.5 Å². The Kier molecular flexibility index (Phi) is 5.39. The average Bonchev–Trinajstić information content (AvgIpc) is 3.31. The minimum atomic E-state index is -0.176. The van der Waals surface area contributed by atoms with Gasteiger partial charge in [-0.1, -0.05) is 0 Å². The molecule has 2 aromatic heterocycles. The maximum atomic E-state index is 12.3. The molecule has 152 valence electrons. The SMILES string of the molecule is Cc1cc(NC2CCN(C(=O)O[C@@H]3CCNC3)CC2)c2ncn(C(C)C)c2n1. The van der Waals surface area contributed by atoms with Crippen LogP contribution < -0.4 is 10.6 Å². The molecule has 8 heteroatoms. The zero-order valence-corrected chi connectivity index (χ0v) is 16.9. The summed E-state index contributed by atoms with van der Waals surface area (Å²) in [5.41, 5.74) is 3.84. The van der Waals surface area contributed by atoms with Gasteiger partial charge in [-0.15, -0.1) is 0 Å². The summed E-state index contributed by atoms with van der Waals surface area (Å²) in [5, 5.41) is 6.87. The van der Waals surface area contributed by atoms with Gasteiger partial charge in [-0.05, 0) is 52.6 Å². The third-order valence-corrected chi connectivity index (χ3v) is 5.61. The number of pyridine rings is 1. The summed E-state index contributed by atoms with van der Waals surface area (Å²) in [5.74, 6) is 0. The van der Waals surface area contributed by atoms with Crippen LogP contribution in [0.2, 0.25) is 0 Å². The monoisotopic (exact) mass is 386 g/mol. The average molecular weight is 387 g/mol. The Hall–Kier alpha value is -2.35. The van der Waals surface area contributed by atoms with E-state index in [1.165, 1.54) is 0 Å². The van der Waals surface area contributed by atoms with Gasteiger partial charge in [-0.3, -0.25) is 0 Å². The number of piperidine rings is 1. The van der Waals surface area contributed by atoms with Gasteiger partial charge in [0.05, 0.1) is 12.0 Å². The molecule has 0 saturated carbocycles. The second-order valence-electron chi connectivity index (χ2n) is 8.13. The van der Waals surface area contributed by atoms with E-state index in [2.05, 4.69) is 45.1 Å². The molecule has 2 N–H and O–H groups in total. The molecule has 2 saturated heterocycles. The fraction of sp³-hybridized carbons (Fsp3) is 0.650. The number of imidazole rings is 1. The maximum absolute atomic E-state index is 12.3. The van der Waals surface area contributed by atoms with Crippen LogP contribution in [-0.2, 0) is 4.74 Å². The lowest BCUT2D eigenvalue weighted by molar-refractivity contribution is 0.0641. The molecule has 4 rings (SSSR count). The Labute approximate surface area is 165 Å². The lowest BCUT2D eigenvalue weighted by Gasteiger charge is -2.33.